The minimum absolute atomic E-state index is 0.0275. The maximum absolute atomic E-state index is 13.7. The summed E-state index contributed by atoms with van der Waals surface area (Å²) in [5, 5.41) is 8.61. The van der Waals surface area contributed by atoms with E-state index < -0.39 is 32.1 Å². The van der Waals surface area contributed by atoms with Gasteiger partial charge in [0.05, 0.1) is 28.0 Å². The standard InChI is InChI=1S/C25H36N4O4S.C25H34N2O5S/c1-16(2)14-29(15-17(3)4)25(30)23(13-20-12-22(18(5)6)27-26-20)28-34(31,32)21-7-8-24-19(11-21)9-10-33-24;1-17(2)15-27(16-18(3)4)25(29)22(8-7-9-23(28)19(5)6)26-33(30,31)21-10-11-24-20(14-21)12-13-32-24/h7-12,16-18,23,28H,13-15H2,1-6H3,(H,26,27);10-14,17-19,22,26H,8,15-16H2,1-6H3/t23-;22-/m00/s1. The number of fused-ring (bicyclic) bond motifs is 2. The van der Waals surface area contributed by atoms with Crippen LogP contribution in [0.3, 0.4) is 0 Å². The summed E-state index contributed by atoms with van der Waals surface area (Å²) in [6.45, 7) is 25.8. The summed E-state index contributed by atoms with van der Waals surface area (Å²) in [4.78, 5) is 42.6. The molecule has 2 amide bonds. The number of H-pyrrole nitrogens is 1. The molecular weight excluding hydrogens is 893 g/mol. The van der Waals surface area contributed by atoms with Crippen molar-refractivity contribution < 1.29 is 40.1 Å². The number of rotatable bonds is 21. The van der Waals surface area contributed by atoms with Gasteiger partial charge in [-0.1, -0.05) is 89.0 Å². The Morgan fingerprint density at radius 1 is 0.627 bits per heavy atom. The van der Waals surface area contributed by atoms with E-state index in [9.17, 15) is 31.2 Å². The Morgan fingerprint density at radius 3 is 1.46 bits per heavy atom. The summed E-state index contributed by atoms with van der Waals surface area (Å²) in [5.41, 5.74) is 2.75. The van der Waals surface area contributed by atoms with Gasteiger partial charge in [0, 0.05) is 61.4 Å². The van der Waals surface area contributed by atoms with E-state index in [1.807, 2.05) is 75.3 Å². The minimum Gasteiger partial charge on any atom is -0.464 e. The van der Waals surface area contributed by atoms with Gasteiger partial charge in [0.15, 0.2) is 0 Å². The van der Waals surface area contributed by atoms with Crippen LogP contribution < -0.4 is 9.44 Å². The van der Waals surface area contributed by atoms with Crippen LogP contribution in [0.25, 0.3) is 21.9 Å². The largest absolute Gasteiger partial charge is 0.464 e. The van der Waals surface area contributed by atoms with Gasteiger partial charge in [-0.2, -0.15) is 14.5 Å². The zero-order chi connectivity index (χ0) is 49.8. The smallest absolute Gasteiger partial charge is 0.241 e. The number of carbonyl (C=O) groups is 3. The molecule has 0 saturated heterocycles. The summed E-state index contributed by atoms with van der Waals surface area (Å²) in [7, 11) is -7.99. The fraction of sp³-hybridized carbons (Fsp3) is 0.520. The summed E-state index contributed by atoms with van der Waals surface area (Å²) in [5.74, 6) is 5.29. The first-order valence-electron chi connectivity index (χ1n) is 23.0. The second-order valence-corrected chi connectivity index (χ2v) is 22.8. The molecule has 0 radical (unpaired) electrons. The van der Waals surface area contributed by atoms with Crippen LogP contribution in [0, 0.1) is 41.4 Å². The van der Waals surface area contributed by atoms with Gasteiger partial charge in [0.1, 0.15) is 23.2 Å². The molecule has 0 spiro atoms. The number of carbonyl (C=O) groups excluding carboxylic acids is 3. The zero-order valence-corrected chi connectivity index (χ0v) is 42.7. The van der Waals surface area contributed by atoms with Crippen LogP contribution in [0.4, 0.5) is 0 Å². The van der Waals surface area contributed by atoms with Crippen molar-refractivity contribution in [3.8, 4) is 11.8 Å². The van der Waals surface area contributed by atoms with Crippen molar-refractivity contribution in [2.24, 2.45) is 29.6 Å². The van der Waals surface area contributed by atoms with Crippen molar-refractivity contribution >= 4 is 59.6 Å². The maximum atomic E-state index is 13.7. The number of ketones is 1. The molecule has 3 N–H and O–H groups in total. The van der Waals surface area contributed by atoms with Gasteiger partial charge in [0.25, 0.3) is 0 Å². The molecule has 17 heteroatoms. The Labute approximate surface area is 397 Å². The van der Waals surface area contributed by atoms with Crippen LogP contribution in [0.2, 0.25) is 0 Å². The average Bonchev–Trinajstić information content (AvgIpc) is 4.03. The highest BCUT2D eigenvalue weighted by Gasteiger charge is 2.32. The van der Waals surface area contributed by atoms with Crippen LogP contribution in [-0.4, -0.2) is 92.7 Å². The van der Waals surface area contributed by atoms with Crippen LogP contribution >= 0.6 is 0 Å². The molecule has 0 unspecified atom stereocenters. The average molecular weight is 963 g/mol. The van der Waals surface area contributed by atoms with E-state index in [-0.39, 0.29) is 75.7 Å². The Hall–Kier alpha value is -5.28. The molecule has 5 rings (SSSR count). The topological polar surface area (TPSA) is 205 Å². The molecule has 0 fully saturated rings. The lowest BCUT2D eigenvalue weighted by atomic mass is 10.1. The van der Waals surface area contributed by atoms with E-state index in [4.69, 9.17) is 8.83 Å². The first kappa shape index (κ1) is 54.3. The Kier molecular flexibility index (Phi) is 19.6. The minimum atomic E-state index is -4.02. The van der Waals surface area contributed by atoms with Crippen LogP contribution in [0.15, 0.2) is 85.7 Å². The number of benzene rings is 2. The normalized spacial score (nSPS) is 13.0. The molecule has 15 nitrogen and oxygen atoms in total. The summed E-state index contributed by atoms with van der Waals surface area (Å²) in [6.07, 6.45) is 3.08. The zero-order valence-electron chi connectivity index (χ0n) is 41.0. The highest BCUT2D eigenvalue weighted by atomic mass is 32.2. The number of hydrogen-bond donors (Lipinski definition) is 3. The number of nitrogens with zero attached hydrogens (tertiary/aromatic N) is 3. The molecule has 0 bridgehead atoms. The SMILES string of the molecule is CC(C)CN(CC(C)C)C(=O)[C@H](CC#CC(=O)C(C)C)NS(=O)(=O)c1ccc2occc2c1.CC(C)CN(CC(C)C)C(=O)[C@H](Cc1cc(C(C)C)n[nH]1)NS(=O)(=O)c1ccc2occc2c1. The lowest BCUT2D eigenvalue weighted by molar-refractivity contribution is -0.134. The predicted molar refractivity (Wildman–Crippen MR) is 262 cm³/mol. The number of amides is 2. The Balaban J connectivity index is 0.000000293. The molecule has 0 saturated carbocycles. The van der Waals surface area contributed by atoms with Gasteiger partial charge in [-0.25, -0.2) is 16.8 Å². The van der Waals surface area contributed by atoms with Gasteiger partial charge in [-0.05, 0) is 90.1 Å². The van der Waals surface area contributed by atoms with Gasteiger partial charge >= 0.3 is 0 Å². The lowest BCUT2D eigenvalue weighted by Crippen LogP contribution is -2.51. The first-order valence-corrected chi connectivity index (χ1v) is 26.0. The lowest BCUT2D eigenvalue weighted by Gasteiger charge is -2.30. The fourth-order valence-electron chi connectivity index (χ4n) is 7.19. The molecule has 67 heavy (non-hydrogen) atoms. The molecule has 5 aromatic rings. The van der Waals surface area contributed by atoms with Crippen molar-refractivity contribution in [1.82, 2.24) is 29.4 Å². The highest BCUT2D eigenvalue weighted by molar-refractivity contribution is 7.89. The molecule has 0 aliphatic heterocycles. The number of aromatic nitrogens is 2. The molecule has 0 aliphatic rings. The molecule has 2 aromatic carbocycles. The van der Waals surface area contributed by atoms with Crippen molar-refractivity contribution in [3.63, 3.8) is 0 Å². The Bertz CT molecular complexity index is 2700. The first-order chi connectivity index (χ1) is 31.4. The Morgan fingerprint density at radius 2 is 1.06 bits per heavy atom. The van der Waals surface area contributed by atoms with E-state index in [0.29, 0.717) is 53.8 Å². The van der Waals surface area contributed by atoms with E-state index in [1.54, 1.807) is 54.0 Å². The summed E-state index contributed by atoms with van der Waals surface area (Å²) >= 11 is 0. The monoisotopic (exact) mass is 962 g/mol. The van der Waals surface area contributed by atoms with E-state index >= 15 is 0 Å². The third kappa shape index (κ3) is 16.2. The summed E-state index contributed by atoms with van der Waals surface area (Å²) < 4.78 is 68.8. The fourth-order valence-corrected chi connectivity index (χ4v) is 9.64. The molecule has 366 valence electrons. The number of hydrogen-bond acceptors (Lipinski definition) is 10. The number of nitrogens with one attached hydrogen (secondary N) is 3. The molecule has 0 aliphatic carbocycles. The number of furan rings is 2. The van der Waals surface area contributed by atoms with Gasteiger partial charge in [-0.15, -0.1) is 0 Å². The quantitative estimate of drug-likeness (QED) is 0.0476. The molecule has 3 heterocycles. The van der Waals surface area contributed by atoms with Crippen LogP contribution in [0.5, 0.6) is 0 Å². The van der Waals surface area contributed by atoms with Gasteiger partial charge in [0.2, 0.25) is 37.6 Å². The van der Waals surface area contributed by atoms with Crippen molar-refractivity contribution in [2.45, 2.75) is 124 Å². The van der Waals surface area contributed by atoms with E-state index in [0.717, 1.165) is 5.69 Å². The number of Topliss-reactive ketones (excluding diaryl/α,β-unsaturated/α-hetero) is 1. The molecule has 2 atom stereocenters. The predicted octanol–water partition coefficient (Wildman–Crippen LogP) is 8.15. The van der Waals surface area contributed by atoms with Gasteiger partial charge in [-0.3, -0.25) is 19.5 Å². The van der Waals surface area contributed by atoms with E-state index in [1.165, 1.54) is 30.7 Å². The van der Waals surface area contributed by atoms with E-state index in [2.05, 4.69) is 31.5 Å². The van der Waals surface area contributed by atoms with Crippen molar-refractivity contribution in [2.75, 3.05) is 26.2 Å². The van der Waals surface area contributed by atoms with Crippen LogP contribution in [0.1, 0.15) is 107 Å². The second kappa shape index (κ2) is 24.1. The van der Waals surface area contributed by atoms with Crippen molar-refractivity contribution in [1.29, 1.82) is 0 Å². The van der Waals surface area contributed by atoms with Gasteiger partial charge < -0.3 is 18.6 Å². The highest BCUT2D eigenvalue weighted by Crippen LogP contribution is 2.23. The molecular formula is C50H70N6O9S2. The summed E-state index contributed by atoms with van der Waals surface area (Å²) in [6, 6.07) is 12.4. The third-order valence-corrected chi connectivity index (χ3v) is 13.3. The van der Waals surface area contributed by atoms with Crippen molar-refractivity contribution in [3.05, 3.63) is 78.5 Å². The number of aromatic amines is 1. The second-order valence-electron chi connectivity index (χ2n) is 19.4. The van der Waals surface area contributed by atoms with Crippen LogP contribution in [-0.2, 0) is 40.9 Å². The number of sulfonamides is 2. The molecule has 3 aromatic heterocycles. The maximum Gasteiger partial charge on any atom is 0.241 e. The third-order valence-electron chi connectivity index (χ3n) is 10.3.